The van der Waals surface area contributed by atoms with E-state index in [9.17, 15) is 0 Å². The average molecular weight is 218 g/mol. The first-order valence-electron chi connectivity index (χ1n) is 5.34. The molecule has 0 spiro atoms. The van der Waals surface area contributed by atoms with Gasteiger partial charge in [0, 0.05) is 19.3 Å². The molecular weight excluding hydrogens is 204 g/mol. The number of aromatic nitrogens is 2. The van der Waals surface area contributed by atoms with E-state index in [0.29, 0.717) is 23.8 Å². The fraction of sp³-hybridized carbons (Fsp3) is 0.545. The monoisotopic (exact) mass is 218 g/mol. The SMILES string of the molecule is COC1CCC(Nc2nccc(C#N)n2)C1. The highest BCUT2D eigenvalue weighted by molar-refractivity contribution is 5.31. The van der Waals surface area contributed by atoms with Crippen LogP contribution in [0.25, 0.3) is 0 Å². The van der Waals surface area contributed by atoms with E-state index in [1.165, 1.54) is 0 Å². The molecule has 1 saturated carbocycles. The molecule has 1 aromatic heterocycles. The van der Waals surface area contributed by atoms with Gasteiger partial charge in [-0.1, -0.05) is 0 Å². The van der Waals surface area contributed by atoms with Crippen molar-refractivity contribution in [3.63, 3.8) is 0 Å². The van der Waals surface area contributed by atoms with Crippen LogP contribution in [0, 0.1) is 11.3 Å². The zero-order valence-electron chi connectivity index (χ0n) is 9.18. The third kappa shape index (κ3) is 2.47. The molecule has 1 aliphatic carbocycles. The molecule has 2 rings (SSSR count). The Morgan fingerprint density at radius 2 is 2.44 bits per heavy atom. The van der Waals surface area contributed by atoms with Crippen LogP contribution in [0.1, 0.15) is 25.0 Å². The number of rotatable bonds is 3. The molecule has 16 heavy (non-hydrogen) atoms. The van der Waals surface area contributed by atoms with Crippen LogP contribution in [0.2, 0.25) is 0 Å². The smallest absolute Gasteiger partial charge is 0.224 e. The summed E-state index contributed by atoms with van der Waals surface area (Å²) in [6.07, 6.45) is 5.01. The molecule has 5 nitrogen and oxygen atoms in total. The summed E-state index contributed by atoms with van der Waals surface area (Å²) in [5.74, 6) is 0.529. The fourth-order valence-corrected chi connectivity index (χ4v) is 1.96. The Bertz CT molecular complexity index is 401. The highest BCUT2D eigenvalue weighted by Gasteiger charge is 2.24. The Kier molecular flexibility index (Phi) is 3.32. The molecular formula is C11H14N4O. The van der Waals surface area contributed by atoms with E-state index in [4.69, 9.17) is 10.00 Å². The van der Waals surface area contributed by atoms with Gasteiger partial charge in [-0.05, 0) is 25.3 Å². The molecule has 1 heterocycles. The van der Waals surface area contributed by atoms with Crippen molar-refractivity contribution in [2.24, 2.45) is 0 Å². The molecule has 0 radical (unpaired) electrons. The summed E-state index contributed by atoms with van der Waals surface area (Å²) in [5.41, 5.74) is 0.388. The van der Waals surface area contributed by atoms with Gasteiger partial charge in [-0.3, -0.25) is 0 Å². The Labute approximate surface area is 94.5 Å². The van der Waals surface area contributed by atoms with E-state index in [1.807, 2.05) is 6.07 Å². The van der Waals surface area contributed by atoms with E-state index < -0.39 is 0 Å². The van der Waals surface area contributed by atoms with Gasteiger partial charge in [0.25, 0.3) is 0 Å². The molecule has 2 unspecified atom stereocenters. The van der Waals surface area contributed by atoms with Crippen LogP contribution in [-0.2, 0) is 4.74 Å². The number of hydrogen-bond donors (Lipinski definition) is 1. The van der Waals surface area contributed by atoms with Crippen LogP contribution in [0.5, 0.6) is 0 Å². The lowest BCUT2D eigenvalue weighted by molar-refractivity contribution is 0.108. The number of hydrogen-bond acceptors (Lipinski definition) is 5. The minimum Gasteiger partial charge on any atom is -0.381 e. The zero-order chi connectivity index (χ0) is 11.4. The van der Waals surface area contributed by atoms with E-state index >= 15 is 0 Å². The van der Waals surface area contributed by atoms with Gasteiger partial charge in [0.05, 0.1) is 6.10 Å². The molecule has 0 saturated heterocycles. The quantitative estimate of drug-likeness (QED) is 0.828. The molecule has 0 aromatic carbocycles. The largest absolute Gasteiger partial charge is 0.381 e. The maximum Gasteiger partial charge on any atom is 0.224 e. The Hall–Kier alpha value is -1.67. The van der Waals surface area contributed by atoms with Gasteiger partial charge in [-0.15, -0.1) is 0 Å². The van der Waals surface area contributed by atoms with Crippen molar-refractivity contribution in [2.45, 2.75) is 31.4 Å². The number of ether oxygens (including phenoxy) is 1. The fourth-order valence-electron chi connectivity index (χ4n) is 1.96. The van der Waals surface area contributed by atoms with Crippen molar-refractivity contribution in [2.75, 3.05) is 12.4 Å². The number of nitriles is 1. The second kappa shape index (κ2) is 4.90. The number of methoxy groups -OCH3 is 1. The van der Waals surface area contributed by atoms with Crippen LogP contribution in [0.15, 0.2) is 12.3 Å². The Balaban J connectivity index is 1.97. The predicted molar refractivity (Wildman–Crippen MR) is 58.8 cm³/mol. The molecule has 0 aliphatic heterocycles. The number of nitrogens with one attached hydrogen (secondary N) is 1. The lowest BCUT2D eigenvalue weighted by atomic mass is 10.2. The van der Waals surface area contributed by atoms with Crippen LogP contribution < -0.4 is 5.32 Å². The summed E-state index contributed by atoms with van der Waals surface area (Å²) in [7, 11) is 1.74. The standard InChI is InChI=1S/C11H14N4O/c1-16-10-3-2-8(6-10)14-11-13-5-4-9(7-12)15-11/h4-5,8,10H,2-3,6H2,1H3,(H,13,14,15). The Morgan fingerprint density at radius 1 is 1.56 bits per heavy atom. The topological polar surface area (TPSA) is 70.8 Å². The lowest BCUT2D eigenvalue weighted by Crippen LogP contribution is -2.19. The number of nitrogens with zero attached hydrogens (tertiary/aromatic N) is 3. The van der Waals surface area contributed by atoms with Crippen LogP contribution >= 0.6 is 0 Å². The molecule has 1 N–H and O–H groups in total. The van der Waals surface area contributed by atoms with Gasteiger partial charge in [-0.25, -0.2) is 9.97 Å². The second-order valence-corrected chi connectivity index (χ2v) is 3.89. The molecule has 5 heteroatoms. The highest BCUT2D eigenvalue weighted by Crippen LogP contribution is 2.23. The maximum atomic E-state index is 8.71. The first kappa shape index (κ1) is 10.8. The summed E-state index contributed by atoms with van der Waals surface area (Å²) in [4.78, 5) is 8.17. The van der Waals surface area contributed by atoms with E-state index in [-0.39, 0.29) is 0 Å². The van der Waals surface area contributed by atoms with Crippen molar-refractivity contribution in [1.82, 2.24) is 9.97 Å². The van der Waals surface area contributed by atoms with Crippen molar-refractivity contribution < 1.29 is 4.74 Å². The van der Waals surface area contributed by atoms with E-state index in [0.717, 1.165) is 19.3 Å². The van der Waals surface area contributed by atoms with Crippen molar-refractivity contribution >= 4 is 5.95 Å². The predicted octanol–water partition coefficient (Wildman–Crippen LogP) is 1.33. The van der Waals surface area contributed by atoms with Crippen LogP contribution in [-0.4, -0.2) is 29.2 Å². The van der Waals surface area contributed by atoms with E-state index in [1.54, 1.807) is 19.4 Å². The third-order valence-electron chi connectivity index (χ3n) is 2.82. The molecule has 0 bridgehead atoms. The molecule has 1 fully saturated rings. The molecule has 0 amide bonds. The van der Waals surface area contributed by atoms with Crippen molar-refractivity contribution in [3.05, 3.63) is 18.0 Å². The minimum absolute atomic E-state index is 0.330. The zero-order valence-corrected chi connectivity index (χ0v) is 9.18. The van der Waals surface area contributed by atoms with Crippen molar-refractivity contribution in [3.8, 4) is 6.07 Å². The Morgan fingerprint density at radius 3 is 3.12 bits per heavy atom. The van der Waals surface area contributed by atoms with Gasteiger partial charge >= 0.3 is 0 Å². The van der Waals surface area contributed by atoms with Gasteiger partial charge in [0.2, 0.25) is 5.95 Å². The summed E-state index contributed by atoms with van der Waals surface area (Å²) >= 11 is 0. The molecule has 84 valence electrons. The van der Waals surface area contributed by atoms with Crippen molar-refractivity contribution in [1.29, 1.82) is 5.26 Å². The summed E-state index contributed by atoms with van der Waals surface area (Å²) in [6, 6.07) is 3.94. The molecule has 1 aliphatic rings. The second-order valence-electron chi connectivity index (χ2n) is 3.89. The van der Waals surface area contributed by atoms with Gasteiger partial charge in [0.1, 0.15) is 11.8 Å². The number of anilines is 1. The summed E-state index contributed by atoms with van der Waals surface area (Å²) in [6.45, 7) is 0. The average Bonchev–Trinajstić information content (AvgIpc) is 2.77. The normalized spacial score (nSPS) is 24.0. The minimum atomic E-state index is 0.330. The summed E-state index contributed by atoms with van der Waals surface area (Å²) in [5, 5.41) is 11.9. The lowest BCUT2D eigenvalue weighted by Gasteiger charge is -2.12. The van der Waals surface area contributed by atoms with Gasteiger partial charge in [-0.2, -0.15) is 5.26 Å². The summed E-state index contributed by atoms with van der Waals surface area (Å²) < 4.78 is 5.29. The third-order valence-corrected chi connectivity index (χ3v) is 2.82. The highest BCUT2D eigenvalue weighted by atomic mass is 16.5. The van der Waals surface area contributed by atoms with Crippen LogP contribution in [0.3, 0.4) is 0 Å². The molecule has 1 aromatic rings. The van der Waals surface area contributed by atoms with Crippen LogP contribution in [0.4, 0.5) is 5.95 Å². The first-order valence-corrected chi connectivity index (χ1v) is 5.34. The van der Waals surface area contributed by atoms with Gasteiger partial charge in [0.15, 0.2) is 0 Å². The molecule has 2 atom stereocenters. The van der Waals surface area contributed by atoms with Gasteiger partial charge < -0.3 is 10.1 Å². The van der Waals surface area contributed by atoms with E-state index in [2.05, 4.69) is 15.3 Å². The maximum absolute atomic E-state index is 8.71. The first-order chi connectivity index (χ1) is 7.81.